The van der Waals surface area contributed by atoms with Crippen molar-refractivity contribution in [1.82, 2.24) is 9.13 Å². The van der Waals surface area contributed by atoms with Gasteiger partial charge in [0, 0.05) is 38.6 Å². The standard InChI is InChI=1S/C48H33N3/c1-4-17-34(18-5-1)38-25-16-30-47-48(38)41-33-37(31-32-44(41)50(47)36-21-8-3-9-22-36)49(35-19-6-2-7-20-35)45-28-14-15-29-46(45)51-42-26-12-10-23-39(42)40-24-11-13-27-43(40)51/h1-33H. The molecule has 0 spiro atoms. The van der Waals surface area contributed by atoms with Gasteiger partial charge in [0.15, 0.2) is 0 Å². The predicted molar refractivity (Wildman–Crippen MR) is 215 cm³/mol. The quantitative estimate of drug-likeness (QED) is 0.174. The van der Waals surface area contributed by atoms with Gasteiger partial charge in [-0.3, -0.25) is 0 Å². The molecule has 0 bridgehead atoms. The van der Waals surface area contributed by atoms with Crippen molar-refractivity contribution in [3.8, 4) is 22.5 Å². The van der Waals surface area contributed by atoms with Gasteiger partial charge in [-0.2, -0.15) is 0 Å². The number of fused-ring (bicyclic) bond motifs is 6. The molecule has 0 saturated carbocycles. The fraction of sp³-hybridized carbons (Fsp3) is 0. The van der Waals surface area contributed by atoms with Crippen LogP contribution < -0.4 is 4.90 Å². The van der Waals surface area contributed by atoms with Gasteiger partial charge in [0.2, 0.25) is 0 Å². The Labute approximate surface area is 296 Å². The van der Waals surface area contributed by atoms with Crippen LogP contribution in [0.15, 0.2) is 200 Å². The molecule has 51 heavy (non-hydrogen) atoms. The summed E-state index contributed by atoms with van der Waals surface area (Å²) in [4.78, 5) is 2.41. The summed E-state index contributed by atoms with van der Waals surface area (Å²) >= 11 is 0. The van der Waals surface area contributed by atoms with Crippen LogP contribution in [0.2, 0.25) is 0 Å². The van der Waals surface area contributed by atoms with Gasteiger partial charge in [-0.25, -0.2) is 0 Å². The fourth-order valence-corrected chi connectivity index (χ4v) is 7.94. The van der Waals surface area contributed by atoms with Crippen molar-refractivity contribution in [3.63, 3.8) is 0 Å². The Hall–Kier alpha value is -6.84. The molecule has 3 heteroatoms. The van der Waals surface area contributed by atoms with Crippen LogP contribution >= 0.6 is 0 Å². The van der Waals surface area contributed by atoms with Gasteiger partial charge in [-0.05, 0) is 83.9 Å². The van der Waals surface area contributed by atoms with Gasteiger partial charge in [-0.1, -0.05) is 127 Å². The summed E-state index contributed by atoms with van der Waals surface area (Å²) in [5.41, 5.74) is 12.7. The zero-order valence-corrected chi connectivity index (χ0v) is 27.9. The lowest BCUT2D eigenvalue weighted by Gasteiger charge is -2.28. The zero-order valence-electron chi connectivity index (χ0n) is 27.9. The maximum Gasteiger partial charge on any atom is 0.0702 e. The van der Waals surface area contributed by atoms with E-state index >= 15 is 0 Å². The van der Waals surface area contributed by atoms with Gasteiger partial charge in [0.05, 0.1) is 33.4 Å². The largest absolute Gasteiger partial charge is 0.309 e. The van der Waals surface area contributed by atoms with Crippen molar-refractivity contribution in [2.45, 2.75) is 0 Å². The molecule has 0 aliphatic rings. The molecule has 0 atom stereocenters. The van der Waals surface area contributed by atoms with Crippen molar-refractivity contribution < 1.29 is 0 Å². The molecule has 0 N–H and O–H groups in total. The maximum atomic E-state index is 2.42. The SMILES string of the molecule is c1ccc(-c2cccc3c2c2cc(N(c4ccccc4)c4ccccc4-n4c5ccccc5c5ccccc54)ccc2n3-c2ccccc2)cc1. The minimum absolute atomic E-state index is 1.09. The summed E-state index contributed by atoms with van der Waals surface area (Å²) < 4.78 is 4.82. The van der Waals surface area contributed by atoms with E-state index in [1.807, 2.05) is 0 Å². The summed E-state index contributed by atoms with van der Waals surface area (Å²) in [7, 11) is 0. The average molecular weight is 652 g/mol. The highest BCUT2D eigenvalue weighted by Crippen LogP contribution is 2.45. The van der Waals surface area contributed by atoms with Gasteiger partial charge in [-0.15, -0.1) is 0 Å². The second-order valence-corrected chi connectivity index (χ2v) is 13.0. The molecule has 0 radical (unpaired) electrons. The molecule has 2 aromatic heterocycles. The zero-order chi connectivity index (χ0) is 33.7. The van der Waals surface area contributed by atoms with E-state index in [1.165, 1.54) is 54.7 Å². The molecule has 10 rings (SSSR count). The van der Waals surface area contributed by atoms with Gasteiger partial charge in [0.1, 0.15) is 0 Å². The minimum atomic E-state index is 1.09. The van der Waals surface area contributed by atoms with Crippen molar-refractivity contribution in [3.05, 3.63) is 200 Å². The van der Waals surface area contributed by atoms with Crippen molar-refractivity contribution >= 4 is 60.7 Å². The van der Waals surface area contributed by atoms with Crippen LogP contribution in [0.3, 0.4) is 0 Å². The minimum Gasteiger partial charge on any atom is -0.309 e. The molecule has 2 heterocycles. The number of aromatic nitrogens is 2. The van der Waals surface area contributed by atoms with Crippen LogP contribution in [-0.4, -0.2) is 9.13 Å². The molecule has 240 valence electrons. The molecule has 0 saturated heterocycles. The monoisotopic (exact) mass is 651 g/mol. The molecule has 0 aliphatic heterocycles. The normalized spacial score (nSPS) is 11.5. The van der Waals surface area contributed by atoms with E-state index in [2.05, 4.69) is 214 Å². The van der Waals surface area contributed by atoms with E-state index < -0.39 is 0 Å². The Morgan fingerprint density at radius 3 is 1.65 bits per heavy atom. The van der Waals surface area contributed by atoms with Gasteiger partial charge in [0.25, 0.3) is 0 Å². The number of rotatable bonds is 6. The lowest BCUT2D eigenvalue weighted by Crippen LogP contribution is -2.13. The molecule has 3 nitrogen and oxygen atoms in total. The first-order chi connectivity index (χ1) is 25.3. The summed E-state index contributed by atoms with van der Waals surface area (Å²) in [6.45, 7) is 0. The van der Waals surface area contributed by atoms with Crippen LogP contribution in [0.4, 0.5) is 17.1 Å². The number of hydrogen-bond acceptors (Lipinski definition) is 1. The van der Waals surface area contributed by atoms with E-state index in [1.54, 1.807) is 0 Å². The summed E-state index contributed by atoms with van der Waals surface area (Å²) in [5, 5.41) is 4.95. The Bertz CT molecular complexity index is 2790. The first kappa shape index (κ1) is 29.1. The Kier molecular flexibility index (Phi) is 6.81. The molecule has 10 aromatic rings. The predicted octanol–water partition coefficient (Wildman–Crippen LogP) is 13.0. The van der Waals surface area contributed by atoms with E-state index in [0.29, 0.717) is 0 Å². The van der Waals surface area contributed by atoms with Crippen molar-refractivity contribution in [2.75, 3.05) is 4.90 Å². The molecular formula is C48H33N3. The number of benzene rings is 8. The number of hydrogen-bond donors (Lipinski definition) is 0. The van der Waals surface area contributed by atoms with Crippen molar-refractivity contribution in [1.29, 1.82) is 0 Å². The lowest BCUT2D eigenvalue weighted by atomic mass is 9.99. The summed E-state index contributed by atoms with van der Waals surface area (Å²) in [6.07, 6.45) is 0. The molecule has 0 amide bonds. The van der Waals surface area contributed by atoms with Crippen LogP contribution in [0, 0.1) is 0 Å². The third-order valence-electron chi connectivity index (χ3n) is 10.1. The number of anilines is 3. The number of para-hydroxylation sites is 6. The van der Waals surface area contributed by atoms with E-state index in [9.17, 15) is 0 Å². The average Bonchev–Trinajstić information content (AvgIpc) is 3.72. The Balaban J connectivity index is 1.28. The van der Waals surface area contributed by atoms with Crippen LogP contribution in [0.5, 0.6) is 0 Å². The molecule has 8 aromatic carbocycles. The second-order valence-electron chi connectivity index (χ2n) is 13.0. The van der Waals surface area contributed by atoms with Crippen LogP contribution in [0.25, 0.3) is 66.1 Å². The van der Waals surface area contributed by atoms with Crippen LogP contribution in [0.1, 0.15) is 0 Å². The second kappa shape index (κ2) is 11.9. The van der Waals surface area contributed by atoms with E-state index in [0.717, 1.165) is 28.4 Å². The molecule has 0 unspecified atom stereocenters. The topological polar surface area (TPSA) is 13.1 Å². The molecular weight excluding hydrogens is 619 g/mol. The first-order valence-corrected chi connectivity index (χ1v) is 17.5. The highest BCUT2D eigenvalue weighted by molar-refractivity contribution is 6.17. The first-order valence-electron chi connectivity index (χ1n) is 17.5. The van der Waals surface area contributed by atoms with Crippen molar-refractivity contribution in [2.24, 2.45) is 0 Å². The van der Waals surface area contributed by atoms with E-state index in [-0.39, 0.29) is 0 Å². The van der Waals surface area contributed by atoms with E-state index in [4.69, 9.17) is 0 Å². The smallest absolute Gasteiger partial charge is 0.0702 e. The summed E-state index contributed by atoms with van der Waals surface area (Å²) in [5.74, 6) is 0. The Morgan fingerprint density at radius 2 is 0.922 bits per heavy atom. The molecule has 0 aliphatic carbocycles. The lowest BCUT2D eigenvalue weighted by molar-refractivity contribution is 1.15. The van der Waals surface area contributed by atoms with Gasteiger partial charge >= 0.3 is 0 Å². The third-order valence-corrected chi connectivity index (χ3v) is 10.1. The molecule has 0 fully saturated rings. The summed E-state index contributed by atoms with van der Waals surface area (Å²) in [6, 6.07) is 72.1. The number of nitrogens with zero attached hydrogens (tertiary/aromatic N) is 3. The Morgan fingerprint density at radius 1 is 0.353 bits per heavy atom. The van der Waals surface area contributed by atoms with Gasteiger partial charge < -0.3 is 14.0 Å². The maximum absolute atomic E-state index is 2.42. The third kappa shape index (κ3) is 4.67. The fourth-order valence-electron chi connectivity index (χ4n) is 7.94. The highest BCUT2D eigenvalue weighted by atomic mass is 15.2. The van der Waals surface area contributed by atoms with Crippen LogP contribution in [-0.2, 0) is 0 Å². The highest BCUT2D eigenvalue weighted by Gasteiger charge is 2.22.